The molecule has 42 heavy (non-hydrogen) atoms. The van der Waals surface area contributed by atoms with Crippen molar-refractivity contribution in [2.45, 2.75) is 186 Å². The molecular weight excluding hydrogens is 574 g/mol. The van der Waals surface area contributed by atoms with Gasteiger partial charge in [-0.1, -0.05) is 168 Å². The number of carbonyl (C=O) groups excluding carboxylic acids is 2. The van der Waals surface area contributed by atoms with Gasteiger partial charge in [0.15, 0.2) is 0 Å². The van der Waals surface area contributed by atoms with Crippen LogP contribution in [-0.2, 0) is 19.7 Å². The molecule has 0 aliphatic rings. The van der Waals surface area contributed by atoms with Gasteiger partial charge in [-0.2, -0.15) is 8.42 Å². The molecule has 0 aliphatic heterocycles. The van der Waals surface area contributed by atoms with Crippen LogP contribution in [-0.4, -0.2) is 29.7 Å². The van der Waals surface area contributed by atoms with Crippen LogP contribution in [0.5, 0.6) is 0 Å². The molecule has 0 aliphatic carbocycles. The van der Waals surface area contributed by atoms with E-state index in [0.717, 1.165) is 44.9 Å². The predicted octanol–water partition coefficient (Wildman–Crippen LogP) is 0.919. The van der Waals surface area contributed by atoms with Crippen molar-refractivity contribution in [1.82, 2.24) is 0 Å². The molecule has 0 amide bonds. The molecule has 0 aromatic carbocycles. The Morgan fingerprint density at radius 2 is 0.857 bits per heavy atom. The SMILES string of the molecule is CCCCCCCCCCCCCCC(C(=O)[O-])C(CCCCCCCCCCCCCC)(C(=O)[O-])S(=O)(=O)O.[Na+].[Na+]. The van der Waals surface area contributed by atoms with Gasteiger partial charge in [-0.15, -0.1) is 0 Å². The Balaban J connectivity index is -0.00000760. The summed E-state index contributed by atoms with van der Waals surface area (Å²) in [6.45, 7) is 4.40. The molecule has 0 radical (unpaired) electrons. The van der Waals surface area contributed by atoms with E-state index in [-0.39, 0.29) is 72.0 Å². The number of hydrogen-bond acceptors (Lipinski definition) is 6. The Kier molecular flexibility index (Phi) is 34.3. The summed E-state index contributed by atoms with van der Waals surface area (Å²) in [5.41, 5.74) is 0. The topological polar surface area (TPSA) is 135 Å². The second-order valence-corrected chi connectivity index (χ2v) is 13.5. The molecule has 0 rings (SSSR count). The Labute approximate surface area is 302 Å². The zero-order valence-electron chi connectivity index (χ0n) is 27.8. The third-order valence-corrected chi connectivity index (χ3v) is 9.98. The fourth-order valence-electron chi connectivity index (χ4n) is 5.79. The average molecular weight is 635 g/mol. The second kappa shape index (κ2) is 30.5. The van der Waals surface area contributed by atoms with Crippen LogP contribution in [0.1, 0.15) is 181 Å². The molecule has 1 N–H and O–H groups in total. The third-order valence-electron chi connectivity index (χ3n) is 8.40. The Morgan fingerprint density at radius 3 is 1.12 bits per heavy atom. The maximum absolute atomic E-state index is 12.3. The van der Waals surface area contributed by atoms with Crippen LogP contribution in [0, 0.1) is 5.92 Å². The van der Waals surface area contributed by atoms with Crippen LogP contribution in [0.2, 0.25) is 0 Å². The van der Waals surface area contributed by atoms with E-state index in [4.69, 9.17) is 0 Å². The molecule has 0 heterocycles. The molecule has 0 fully saturated rings. The van der Waals surface area contributed by atoms with Gasteiger partial charge in [0.1, 0.15) is 4.75 Å². The van der Waals surface area contributed by atoms with Crippen molar-refractivity contribution in [2.75, 3.05) is 0 Å². The minimum absolute atomic E-state index is 0. The van der Waals surface area contributed by atoms with E-state index in [9.17, 15) is 32.8 Å². The molecule has 0 aromatic rings. The second-order valence-electron chi connectivity index (χ2n) is 11.8. The summed E-state index contributed by atoms with van der Waals surface area (Å²) in [6.07, 6.45) is 24.4. The molecule has 10 heteroatoms. The van der Waals surface area contributed by atoms with E-state index in [2.05, 4.69) is 13.8 Å². The summed E-state index contributed by atoms with van der Waals surface area (Å²) in [5, 5.41) is 24.1. The minimum Gasteiger partial charge on any atom is -0.550 e. The summed E-state index contributed by atoms with van der Waals surface area (Å²) < 4.78 is 31.7. The molecule has 0 spiro atoms. The van der Waals surface area contributed by atoms with E-state index < -0.39 is 39.1 Å². The molecule has 0 bridgehead atoms. The number of rotatable bonds is 30. The van der Waals surface area contributed by atoms with E-state index in [1.165, 1.54) is 83.5 Å². The van der Waals surface area contributed by atoms with Crippen LogP contribution >= 0.6 is 0 Å². The molecule has 0 saturated heterocycles. The number of unbranched alkanes of at least 4 members (excludes halogenated alkanes) is 22. The summed E-state index contributed by atoms with van der Waals surface area (Å²) in [7, 11) is -5.23. The van der Waals surface area contributed by atoms with Gasteiger partial charge >= 0.3 is 59.1 Å². The number of carbonyl (C=O) groups is 2. The van der Waals surface area contributed by atoms with Crippen LogP contribution in [0.3, 0.4) is 0 Å². The third kappa shape index (κ3) is 21.6. The van der Waals surface area contributed by atoms with E-state index in [1.54, 1.807) is 0 Å². The fraction of sp³-hybridized carbons (Fsp3) is 0.938. The molecule has 2 unspecified atom stereocenters. The first-order chi connectivity index (χ1) is 19.1. The molecule has 2 atom stereocenters. The van der Waals surface area contributed by atoms with Crippen molar-refractivity contribution >= 4 is 22.1 Å². The van der Waals surface area contributed by atoms with Gasteiger partial charge in [-0.25, -0.2) is 0 Å². The van der Waals surface area contributed by atoms with E-state index in [1.807, 2.05) is 0 Å². The van der Waals surface area contributed by atoms with Crippen molar-refractivity contribution in [2.24, 2.45) is 5.92 Å². The van der Waals surface area contributed by atoms with Crippen LogP contribution in [0.4, 0.5) is 0 Å². The monoisotopic (exact) mass is 634 g/mol. The maximum Gasteiger partial charge on any atom is 1.00 e. The molecule has 7 nitrogen and oxygen atoms in total. The first-order valence-electron chi connectivity index (χ1n) is 16.5. The minimum atomic E-state index is -5.23. The first kappa shape index (κ1) is 47.3. The van der Waals surface area contributed by atoms with E-state index in [0.29, 0.717) is 19.3 Å². The maximum atomic E-state index is 12.3. The molecule has 0 aromatic heterocycles. The smallest absolute Gasteiger partial charge is 0.550 e. The summed E-state index contributed by atoms with van der Waals surface area (Å²) in [5.74, 6) is -5.65. The standard InChI is InChI=1S/C32H62O7S.2Na/c1-3-5-7-9-11-13-15-17-19-21-23-25-27-29(30(33)34)32(31(35)36,40(37,38)39)28-26-24-22-20-18-16-14-12-10-8-6-4-2;;/h29H,3-28H2,1-2H3,(H,33,34)(H,35,36)(H,37,38,39);;/q;2*+1/p-2. The largest absolute Gasteiger partial charge is 1.00 e. The average Bonchev–Trinajstić information content (AvgIpc) is 2.89. The van der Waals surface area contributed by atoms with Crippen LogP contribution in [0.25, 0.3) is 0 Å². The van der Waals surface area contributed by atoms with Gasteiger partial charge in [0, 0.05) is 11.9 Å². The zero-order chi connectivity index (χ0) is 30.1. The number of carboxylic acids is 2. The summed E-state index contributed by atoms with van der Waals surface area (Å²) >= 11 is 0. The molecular formula is C32H60Na2O7S. The van der Waals surface area contributed by atoms with Crippen molar-refractivity contribution in [1.29, 1.82) is 0 Å². The number of aliphatic carboxylic acids is 2. The van der Waals surface area contributed by atoms with Gasteiger partial charge in [0.05, 0.1) is 5.97 Å². The van der Waals surface area contributed by atoms with E-state index >= 15 is 0 Å². The van der Waals surface area contributed by atoms with Gasteiger partial charge < -0.3 is 19.8 Å². The molecule has 238 valence electrons. The van der Waals surface area contributed by atoms with Crippen molar-refractivity contribution in [3.05, 3.63) is 0 Å². The van der Waals surface area contributed by atoms with Gasteiger partial charge in [-0.3, -0.25) is 4.55 Å². The Morgan fingerprint density at radius 1 is 0.571 bits per heavy atom. The van der Waals surface area contributed by atoms with Crippen molar-refractivity contribution in [3.63, 3.8) is 0 Å². The molecule has 0 saturated carbocycles. The van der Waals surface area contributed by atoms with Crippen LogP contribution in [0.15, 0.2) is 0 Å². The van der Waals surface area contributed by atoms with Crippen molar-refractivity contribution in [3.8, 4) is 0 Å². The van der Waals surface area contributed by atoms with Gasteiger partial charge in [0.2, 0.25) is 0 Å². The Hall–Kier alpha value is 0.850. The normalized spacial score (nSPS) is 13.5. The summed E-state index contributed by atoms with van der Waals surface area (Å²) in [4.78, 5) is 24.1. The zero-order valence-corrected chi connectivity index (χ0v) is 32.6. The number of carboxylic acid groups (broad SMARTS) is 2. The first-order valence-corrected chi connectivity index (χ1v) is 18.0. The van der Waals surface area contributed by atoms with Gasteiger partial charge in [-0.05, 0) is 12.8 Å². The Bertz CT molecular complexity index is 749. The van der Waals surface area contributed by atoms with Crippen LogP contribution < -0.4 is 69.3 Å². The number of hydrogen-bond donors (Lipinski definition) is 1. The quantitative estimate of drug-likeness (QED) is 0.0706. The summed E-state index contributed by atoms with van der Waals surface area (Å²) in [6, 6.07) is 0. The fourth-order valence-corrected chi connectivity index (χ4v) is 6.98. The van der Waals surface area contributed by atoms with Crippen molar-refractivity contribution < 1.29 is 91.9 Å². The predicted molar refractivity (Wildman–Crippen MR) is 159 cm³/mol. The van der Waals surface area contributed by atoms with Gasteiger partial charge in [0.25, 0.3) is 10.1 Å².